The van der Waals surface area contributed by atoms with Gasteiger partial charge in [-0.1, -0.05) is 37.1 Å². The molecule has 0 aliphatic carbocycles. The van der Waals surface area contributed by atoms with Gasteiger partial charge in [-0.25, -0.2) is 8.42 Å². The summed E-state index contributed by atoms with van der Waals surface area (Å²) in [6, 6.07) is 14.1. The smallest absolute Gasteiger partial charge is 0.243 e. The molecule has 7 heteroatoms. The van der Waals surface area contributed by atoms with Crippen LogP contribution < -0.4 is 10.1 Å². The van der Waals surface area contributed by atoms with Gasteiger partial charge in [-0.2, -0.15) is 4.31 Å². The molecule has 3 rings (SSSR count). The molecule has 0 atom stereocenters. The zero-order valence-corrected chi connectivity index (χ0v) is 17.6. The second-order valence-electron chi connectivity index (χ2n) is 7.21. The van der Waals surface area contributed by atoms with Gasteiger partial charge in [0, 0.05) is 19.5 Å². The molecule has 0 bridgehead atoms. The van der Waals surface area contributed by atoms with Crippen molar-refractivity contribution in [2.24, 2.45) is 0 Å². The van der Waals surface area contributed by atoms with Crippen LogP contribution in [0.3, 0.4) is 0 Å². The number of hydrogen-bond donors (Lipinski definition) is 1. The summed E-state index contributed by atoms with van der Waals surface area (Å²) in [7, 11) is -1.88. The molecule has 1 amide bonds. The number of nitrogens with zero attached hydrogens (tertiary/aromatic N) is 1. The average molecular weight is 417 g/mol. The SMILES string of the molecule is COc1ccccc1NC(=O)CCc1ccc(S(=O)(=O)N2CCCCCC2)cc1. The standard InChI is InChI=1S/C22H28N2O4S/c1-28-21-9-5-4-8-20(21)23-22(25)15-12-18-10-13-19(14-11-18)29(26,27)24-16-6-2-3-7-17-24/h4-5,8-11,13-14H,2-3,6-7,12,15-17H2,1H3,(H,23,25). The Morgan fingerprint density at radius 1 is 1.00 bits per heavy atom. The number of carbonyl (C=O) groups is 1. The Hall–Kier alpha value is -2.38. The summed E-state index contributed by atoms with van der Waals surface area (Å²) in [5.74, 6) is 0.500. The van der Waals surface area contributed by atoms with E-state index < -0.39 is 10.0 Å². The van der Waals surface area contributed by atoms with Crippen molar-refractivity contribution in [3.8, 4) is 5.75 Å². The van der Waals surface area contributed by atoms with Crippen LogP contribution in [0.4, 0.5) is 5.69 Å². The van der Waals surface area contributed by atoms with E-state index in [2.05, 4.69) is 5.32 Å². The normalized spacial score (nSPS) is 15.5. The molecular formula is C22H28N2O4S. The number of benzene rings is 2. The number of para-hydroxylation sites is 2. The van der Waals surface area contributed by atoms with Crippen LogP contribution >= 0.6 is 0 Å². The predicted molar refractivity (Wildman–Crippen MR) is 114 cm³/mol. The van der Waals surface area contributed by atoms with Crippen molar-refractivity contribution in [2.75, 3.05) is 25.5 Å². The van der Waals surface area contributed by atoms with E-state index >= 15 is 0 Å². The molecule has 0 aromatic heterocycles. The van der Waals surface area contributed by atoms with Gasteiger partial charge in [-0.15, -0.1) is 0 Å². The second-order valence-corrected chi connectivity index (χ2v) is 9.15. The van der Waals surface area contributed by atoms with Crippen LogP contribution in [0.15, 0.2) is 53.4 Å². The van der Waals surface area contributed by atoms with Crippen LogP contribution in [0.1, 0.15) is 37.7 Å². The maximum atomic E-state index is 12.8. The number of aryl methyl sites for hydroxylation is 1. The Bertz CT molecular complexity index is 918. The van der Waals surface area contributed by atoms with E-state index in [4.69, 9.17) is 4.74 Å². The number of ether oxygens (including phenoxy) is 1. The summed E-state index contributed by atoms with van der Waals surface area (Å²) in [5.41, 5.74) is 1.56. The molecule has 0 spiro atoms. The van der Waals surface area contributed by atoms with Gasteiger partial charge in [0.05, 0.1) is 17.7 Å². The van der Waals surface area contributed by atoms with Gasteiger partial charge in [0.15, 0.2) is 0 Å². The first-order valence-corrected chi connectivity index (χ1v) is 11.5. The fourth-order valence-electron chi connectivity index (χ4n) is 3.48. The Labute approximate surface area is 172 Å². The molecule has 0 saturated carbocycles. The van der Waals surface area contributed by atoms with E-state index in [9.17, 15) is 13.2 Å². The maximum absolute atomic E-state index is 12.8. The number of hydrogen-bond acceptors (Lipinski definition) is 4. The lowest BCUT2D eigenvalue weighted by atomic mass is 10.1. The van der Waals surface area contributed by atoms with Crippen molar-refractivity contribution in [3.05, 3.63) is 54.1 Å². The Morgan fingerprint density at radius 2 is 1.66 bits per heavy atom. The third kappa shape index (κ3) is 5.58. The third-order valence-electron chi connectivity index (χ3n) is 5.15. The Kier molecular flexibility index (Phi) is 7.28. The topological polar surface area (TPSA) is 75.7 Å². The quantitative estimate of drug-likeness (QED) is 0.744. The zero-order chi connectivity index (χ0) is 20.7. The maximum Gasteiger partial charge on any atom is 0.243 e. The molecule has 156 valence electrons. The lowest BCUT2D eigenvalue weighted by Gasteiger charge is -2.20. The van der Waals surface area contributed by atoms with Crippen molar-refractivity contribution in [1.82, 2.24) is 4.31 Å². The molecule has 1 fully saturated rings. The summed E-state index contributed by atoms with van der Waals surface area (Å²) in [6.07, 6.45) is 4.84. The number of methoxy groups -OCH3 is 1. The van der Waals surface area contributed by atoms with Crippen molar-refractivity contribution < 1.29 is 17.9 Å². The lowest BCUT2D eigenvalue weighted by molar-refractivity contribution is -0.116. The molecule has 1 N–H and O–H groups in total. The van der Waals surface area contributed by atoms with E-state index in [1.807, 2.05) is 12.1 Å². The molecule has 29 heavy (non-hydrogen) atoms. The highest BCUT2D eigenvalue weighted by atomic mass is 32.2. The predicted octanol–water partition coefficient (Wildman–Crippen LogP) is 3.83. The minimum atomic E-state index is -3.44. The molecule has 0 unspecified atom stereocenters. The first kappa shape index (κ1) is 21.3. The van der Waals surface area contributed by atoms with E-state index in [1.54, 1.807) is 47.8 Å². The number of rotatable bonds is 7. The first-order chi connectivity index (χ1) is 14.0. The highest BCUT2D eigenvalue weighted by Crippen LogP contribution is 2.24. The molecule has 1 saturated heterocycles. The number of anilines is 1. The fraction of sp³-hybridized carbons (Fsp3) is 0.409. The highest BCUT2D eigenvalue weighted by molar-refractivity contribution is 7.89. The zero-order valence-electron chi connectivity index (χ0n) is 16.8. The van der Waals surface area contributed by atoms with E-state index in [0.717, 1.165) is 31.2 Å². The van der Waals surface area contributed by atoms with Gasteiger partial charge in [-0.05, 0) is 49.1 Å². The Morgan fingerprint density at radius 3 is 2.31 bits per heavy atom. The fourth-order valence-corrected chi connectivity index (χ4v) is 4.99. The number of carbonyl (C=O) groups excluding carboxylic acids is 1. The molecular weight excluding hydrogens is 388 g/mol. The van der Waals surface area contributed by atoms with Crippen LogP contribution in [0.2, 0.25) is 0 Å². The number of nitrogens with one attached hydrogen (secondary N) is 1. The van der Waals surface area contributed by atoms with E-state index in [0.29, 0.717) is 42.3 Å². The first-order valence-electron chi connectivity index (χ1n) is 10.0. The summed E-state index contributed by atoms with van der Waals surface area (Å²) >= 11 is 0. The number of amides is 1. The van der Waals surface area contributed by atoms with Crippen molar-refractivity contribution in [3.63, 3.8) is 0 Å². The van der Waals surface area contributed by atoms with Crippen molar-refractivity contribution in [1.29, 1.82) is 0 Å². The minimum Gasteiger partial charge on any atom is -0.495 e. The largest absolute Gasteiger partial charge is 0.495 e. The summed E-state index contributed by atoms with van der Waals surface area (Å²) in [5, 5.41) is 2.85. The van der Waals surface area contributed by atoms with Gasteiger partial charge in [0.25, 0.3) is 0 Å². The van der Waals surface area contributed by atoms with Crippen LogP contribution in [-0.4, -0.2) is 38.8 Å². The van der Waals surface area contributed by atoms with Gasteiger partial charge in [0.1, 0.15) is 5.75 Å². The number of sulfonamides is 1. The molecule has 1 aliphatic rings. The lowest BCUT2D eigenvalue weighted by Crippen LogP contribution is -2.31. The van der Waals surface area contributed by atoms with Crippen LogP contribution in [-0.2, 0) is 21.2 Å². The second kappa shape index (κ2) is 9.89. The summed E-state index contributed by atoms with van der Waals surface area (Å²) in [6.45, 7) is 1.18. The molecule has 2 aromatic carbocycles. The Balaban J connectivity index is 1.58. The molecule has 6 nitrogen and oxygen atoms in total. The van der Waals surface area contributed by atoms with E-state index in [1.165, 1.54) is 0 Å². The van der Waals surface area contributed by atoms with Gasteiger partial charge in [-0.3, -0.25) is 4.79 Å². The molecule has 1 heterocycles. The molecule has 0 radical (unpaired) electrons. The van der Waals surface area contributed by atoms with Crippen LogP contribution in [0.5, 0.6) is 5.75 Å². The van der Waals surface area contributed by atoms with E-state index in [-0.39, 0.29) is 5.91 Å². The third-order valence-corrected chi connectivity index (χ3v) is 7.06. The summed E-state index contributed by atoms with van der Waals surface area (Å²) in [4.78, 5) is 12.6. The summed E-state index contributed by atoms with van der Waals surface area (Å²) < 4.78 is 32.5. The van der Waals surface area contributed by atoms with Crippen LogP contribution in [0.25, 0.3) is 0 Å². The average Bonchev–Trinajstić information content (AvgIpc) is 3.03. The highest BCUT2D eigenvalue weighted by Gasteiger charge is 2.24. The van der Waals surface area contributed by atoms with Crippen LogP contribution in [0, 0.1) is 0 Å². The van der Waals surface area contributed by atoms with Gasteiger partial charge < -0.3 is 10.1 Å². The van der Waals surface area contributed by atoms with Crippen molar-refractivity contribution in [2.45, 2.75) is 43.4 Å². The minimum absolute atomic E-state index is 0.115. The molecule has 2 aromatic rings. The van der Waals surface area contributed by atoms with Crippen molar-refractivity contribution >= 4 is 21.6 Å². The van der Waals surface area contributed by atoms with Gasteiger partial charge in [0.2, 0.25) is 15.9 Å². The monoisotopic (exact) mass is 416 g/mol. The van der Waals surface area contributed by atoms with Gasteiger partial charge >= 0.3 is 0 Å². The molecule has 1 aliphatic heterocycles.